The molecule has 0 bridgehead atoms. The fourth-order valence-electron chi connectivity index (χ4n) is 3.13. The standard InChI is InChI=1S/C20H28N6O.HI/c1-4-12-27-17-9-7-6-8-15(17)13-22-20(21-3)23-16-10-11-19-24-18(5-2)25-26(19)14-16;/h4,6-9,16H,1,5,10-14H2,2-3H3,(H2,21,22,23);1H. The molecule has 0 aliphatic carbocycles. The number of nitrogens with zero attached hydrogens (tertiary/aromatic N) is 4. The summed E-state index contributed by atoms with van der Waals surface area (Å²) in [5.74, 6) is 3.64. The molecule has 0 amide bonds. The van der Waals surface area contributed by atoms with Crippen LogP contribution in [0.15, 0.2) is 41.9 Å². The Morgan fingerprint density at radius 1 is 1.43 bits per heavy atom. The molecule has 28 heavy (non-hydrogen) atoms. The molecule has 1 aromatic heterocycles. The van der Waals surface area contributed by atoms with E-state index in [0.717, 1.165) is 54.7 Å². The summed E-state index contributed by atoms with van der Waals surface area (Å²) >= 11 is 0. The van der Waals surface area contributed by atoms with E-state index in [2.05, 4.69) is 39.2 Å². The minimum absolute atomic E-state index is 0. The first-order valence-corrected chi connectivity index (χ1v) is 9.44. The Kier molecular flexibility index (Phi) is 8.75. The molecule has 1 aliphatic heterocycles. The minimum Gasteiger partial charge on any atom is -0.489 e. The van der Waals surface area contributed by atoms with E-state index in [4.69, 9.17) is 4.74 Å². The zero-order valence-electron chi connectivity index (χ0n) is 16.5. The van der Waals surface area contributed by atoms with E-state index >= 15 is 0 Å². The first-order valence-electron chi connectivity index (χ1n) is 9.44. The maximum Gasteiger partial charge on any atom is 0.191 e. The number of aliphatic imine (C=N–C) groups is 1. The number of hydrogen-bond acceptors (Lipinski definition) is 4. The predicted octanol–water partition coefficient (Wildman–Crippen LogP) is 2.70. The second-order valence-electron chi connectivity index (χ2n) is 6.49. The van der Waals surface area contributed by atoms with Crippen LogP contribution in [0.25, 0.3) is 0 Å². The average Bonchev–Trinajstić information content (AvgIpc) is 3.12. The molecule has 2 N–H and O–H groups in total. The maximum atomic E-state index is 5.72. The largest absolute Gasteiger partial charge is 0.489 e. The molecule has 2 heterocycles. The number of aromatic nitrogens is 3. The van der Waals surface area contributed by atoms with Gasteiger partial charge in [0, 0.05) is 38.0 Å². The highest BCUT2D eigenvalue weighted by Gasteiger charge is 2.22. The van der Waals surface area contributed by atoms with Crippen LogP contribution < -0.4 is 15.4 Å². The van der Waals surface area contributed by atoms with Gasteiger partial charge in [0.05, 0.1) is 6.54 Å². The zero-order valence-corrected chi connectivity index (χ0v) is 18.8. The van der Waals surface area contributed by atoms with Crippen molar-refractivity contribution in [1.82, 2.24) is 25.4 Å². The van der Waals surface area contributed by atoms with Crippen LogP contribution >= 0.6 is 24.0 Å². The molecule has 1 aliphatic rings. The van der Waals surface area contributed by atoms with Crippen molar-refractivity contribution in [3.63, 3.8) is 0 Å². The number of hydrogen-bond donors (Lipinski definition) is 2. The lowest BCUT2D eigenvalue weighted by Crippen LogP contribution is -2.46. The summed E-state index contributed by atoms with van der Waals surface area (Å²) in [6.07, 6.45) is 4.56. The molecular weight excluding hydrogens is 467 g/mol. The Balaban J connectivity index is 0.00000280. The number of nitrogens with one attached hydrogen (secondary N) is 2. The predicted molar refractivity (Wildman–Crippen MR) is 122 cm³/mol. The molecule has 7 nitrogen and oxygen atoms in total. The Morgan fingerprint density at radius 2 is 2.25 bits per heavy atom. The third-order valence-electron chi connectivity index (χ3n) is 4.56. The van der Waals surface area contributed by atoms with Gasteiger partial charge in [0.2, 0.25) is 0 Å². The summed E-state index contributed by atoms with van der Waals surface area (Å²) in [5, 5.41) is 11.4. The summed E-state index contributed by atoms with van der Waals surface area (Å²) in [6, 6.07) is 8.27. The van der Waals surface area contributed by atoms with Gasteiger partial charge in [0.1, 0.15) is 18.2 Å². The Morgan fingerprint density at radius 3 is 3.00 bits per heavy atom. The van der Waals surface area contributed by atoms with Gasteiger partial charge in [0.25, 0.3) is 0 Å². The van der Waals surface area contributed by atoms with Crippen molar-refractivity contribution in [1.29, 1.82) is 0 Å². The molecule has 1 atom stereocenters. The summed E-state index contributed by atoms with van der Waals surface area (Å²) in [5.41, 5.74) is 1.08. The number of guanidine groups is 1. The van der Waals surface area contributed by atoms with Gasteiger partial charge < -0.3 is 15.4 Å². The lowest BCUT2D eigenvalue weighted by molar-refractivity contribution is 0.358. The van der Waals surface area contributed by atoms with Crippen LogP contribution in [0.5, 0.6) is 5.75 Å². The number of halogens is 1. The van der Waals surface area contributed by atoms with Crippen LogP contribution in [0, 0.1) is 0 Å². The summed E-state index contributed by atoms with van der Waals surface area (Å²) in [4.78, 5) is 8.93. The minimum atomic E-state index is 0. The fourth-order valence-corrected chi connectivity index (χ4v) is 3.13. The van der Waals surface area contributed by atoms with Crippen molar-refractivity contribution in [3.05, 3.63) is 54.1 Å². The van der Waals surface area contributed by atoms with Crippen LogP contribution in [-0.4, -0.2) is 40.4 Å². The number of rotatable bonds is 7. The lowest BCUT2D eigenvalue weighted by atomic mass is 10.1. The van der Waals surface area contributed by atoms with Crippen LogP contribution in [0.2, 0.25) is 0 Å². The van der Waals surface area contributed by atoms with Crippen molar-refractivity contribution in [2.24, 2.45) is 4.99 Å². The topological polar surface area (TPSA) is 76.4 Å². The van der Waals surface area contributed by atoms with Crippen LogP contribution in [0.4, 0.5) is 0 Å². The number of para-hydroxylation sites is 1. The third-order valence-corrected chi connectivity index (χ3v) is 4.56. The third kappa shape index (κ3) is 5.70. The van der Waals surface area contributed by atoms with Gasteiger partial charge >= 0.3 is 0 Å². The van der Waals surface area contributed by atoms with Gasteiger partial charge in [-0.1, -0.05) is 37.8 Å². The lowest BCUT2D eigenvalue weighted by Gasteiger charge is -2.25. The first kappa shape index (κ1) is 22.2. The van der Waals surface area contributed by atoms with E-state index in [0.29, 0.717) is 13.2 Å². The fraction of sp³-hybridized carbons (Fsp3) is 0.450. The molecule has 0 radical (unpaired) electrons. The number of fused-ring (bicyclic) bond motifs is 1. The van der Waals surface area contributed by atoms with E-state index in [1.54, 1.807) is 13.1 Å². The van der Waals surface area contributed by atoms with Gasteiger partial charge in [-0.15, -0.1) is 24.0 Å². The average molecular weight is 496 g/mol. The molecule has 8 heteroatoms. The molecular formula is C20H29IN6O. The van der Waals surface area contributed by atoms with Crippen molar-refractivity contribution in [2.75, 3.05) is 13.7 Å². The highest BCUT2D eigenvalue weighted by Crippen LogP contribution is 2.18. The molecule has 3 rings (SSSR count). The molecule has 0 fully saturated rings. The van der Waals surface area contributed by atoms with Crippen LogP contribution in [0.1, 0.15) is 30.6 Å². The Labute approximate surface area is 183 Å². The number of benzene rings is 1. The van der Waals surface area contributed by atoms with Crippen molar-refractivity contribution >= 4 is 29.9 Å². The highest BCUT2D eigenvalue weighted by molar-refractivity contribution is 14.0. The normalized spacial score (nSPS) is 15.9. The molecule has 0 saturated carbocycles. The monoisotopic (exact) mass is 496 g/mol. The van der Waals surface area contributed by atoms with E-state index < -0.39 is 0 Å². The van der Waals surface area contributed by atoms with Crippen molar-refractivity contribution in [2.45, 2.75) is 45.3 Å². The SMILES string of the molecule is C=CCOc1ccccc1CNC(=NC)NC1CCc2nc(CC)nn2C1.I. The highest BCUT2D eigenvalue weighted by atomic mass is 127. The molecule has 2 aromatic rings. The maximum absolute atomic E-state index is 5.72. The molecule has 0 spiro atoms. The summed E-state index contributed by atoms with van der Waals surface area (Å²) < 4.78 is 7.74. The van der Waals surface area contributed by atoms with Gasteiger partial charge in [-0.3, -0.25) is 4.99 Å². The van der Waals surface area contributed by atoms with Gasteiger partial charge in [-0.25, -0.2) is 9.67 Å². The smallest absolute Gasteiger partial charge is 0.191 e. The molecule has 152 valence electrons. The van der Waals surface area contributed by atoms with Gasteiger partial charge in [0.15, 0.2) is 11.8 Å². The van der Waals surface area contributed by atoms with E-state index in [-0.39, 0.29) is 30.0 Å². The Hall–Kier alpha value is -2.10. The van der Waals surface area contributed by atoms with Crippen molar-refractivity contribution in [3.8, 4) is 5.75 Å². The van der Waals surface area contributed by atoms with Gasteiger partial charge in [-0.05, 0) is 12.5 Å². The Bertz CT molecular complexity index is 804. The first-order chi connectivity index (χ1) is 13.2. The van der Waals surface area contributed by atoms with Crippen LogP contribution in [0.3, 0.4) is 0 Å². The second-order valence-corrected chi connectivity index (χ2v) is 6.49. The van der Waals surface area contributed by atoms with E-state index in [9.17, 15) is 0 Å². The summed E-state index contributed by atoms with van der Waals surface area (Å²) in [7, 11) is 1.79. The van der Waals surface area contributed by atoms with Crippen molar-refractivity contribution < 1.29 is 4.74 Å². The molecule has 1 aromatic carbocycles. The van der Waals surface area contributed by atoms with E-state index in [1.165, 1.54) is 0 Å². The van der Waals surface area contributed by atoms with Crippen LogP contribution in [-0.2, 0) is 25.9 Å². The number of ether oxygens (including phenoxy) is 1. The van der Waals surface area contributed by atoms with E-state index in [1.807, 2.05) is 28.9 Å². The molecule has 1 unspecified atom stereocenters. The quantitative estimate of drug-likeness (QED) is 0.267. The zero-order chi connectivity index (χ0) is 19.1. The van der Waals surface area contributed by atoms with Gasteiger partial charge in [-0.2, -0.15) is 5.10 Å². The number of aryl methyl sites for hydroxylation is 2. The second kappa shape index (κ2) is 11.0. The summed E-state index contributed by atoms with van der Waals surface area (Å²) in [6.45, 7) is 7.72. The molecule has 0 saturated heterocycles.